The first-order chi connectivity index (χ1) is 19.9. The SMILES string of the molecule is COc1ccc([C@@H](C)N2C[C@H]([C@@H](C)Oc3cc(-c4ccc(N5CCCCC5)cc4)cn4ncc(Cl)c34)CC2=O)cc1. The van der Waals surface area contributed by atoms with Gasteiger partial charge in [0.05, 0.1) is 24.4 Å². The van der Waals surface area contributed by atoms with Crippen LogP contribution in [0.5, 0.6) is 11.5 Å². The van der Waals surface area contributed by atoms with Gasteiger partial charge in [-0.15, -0.1) is 0 Å². The van der Waals surface area contributed by atoms with Crippen LogP contribution in [0.15, 0.2) is 67.0 Å². The smallest absolute Gasteiger partial charge is 0.223 e. The maximum atomic E-state index is 13.1. The summed E-state index contributed by atoms with van der Waals surface area (Å²) in [5, 5.41) is 5.02. The van der Waals surface area contributed by atoms with Crippen molar-refractivity contribution < 1.29 is 14.3 Å². The Morgan fingerprint density at radius 2 is 1.71 bits per heavy atom. The van der Waals surface area contributed by atoms with Crippen molar-refractivity contribution in [3.63, 3.8) is 0 Å². The summed E-state index contributed by atoms with van der Waals surface area (Å²) in [6.07, 6.45) is 7.71. The summed E-state index contributed by atoms with van der Waals surface area (Å²) in [7, 11) is 1.65. The molecule has 41 heavy (non-hydrogen) atoms. The van der Waals surface area contributed by atoms with E-state index in [1.807, 2.05) is 48.4 Å². The van der Waals surface area contributed by atoms with Crippen molar-refractivity contribution in [3.05, 3.63) is 77.6 Å². The Labute approximate surface area is 246 Å². The van der Waals surface area contributed by atoms with E-state index in [1.54, 1.807) is 17.8 Å². The third-order valence-corrected chi connectivity index (χ3v) is 8.96. The predicted molar refractivity (Wildman–Crippen MR) is 163 cm³/mol. The third kappa shape index (κ3) is 5.60. The Balaban J connectivity index is 1.21. The molecule has 2 aliphatic heterocycles. The molecule has 0 spiro atoms. The summed E-state index contributed by atoms with van der Waals surface area (Å²) >= 11 is 6.56. The van der Waals surface area contributed by atoms with Gasteiger partial charge in [0, 0.05) is 49.4 Å². The Morgan fingerprint density at radius 3 is 2.41 bits per heavy atom. The lowest BCUT2D eigenvalue weighted by Gasteiger charge is -2.29. The highest BCUT2D eigenvalue weighted by Gasteiger charge is 2.37. The van der Waals surface area contributed by atoms with Crippen molar-refractivity contribution in [2.24, 2.45) is 5.92 Å². The maximum Gasteiger partial charge on any atom is 0.223 e. The van der Waals surface area contributed by atoms with Crippen LogP contribution in [0.1, 0.15) is 51.1 Å². The van der Waals surface area contributed by atoms with E-state index in [2.05, 4.69) is 41.2 Å². The van der Waals surface area contributed by atoms with E-state index >= 15 is 0 Å². The van der Waals surface area contributed by atoms with E-state index in [9.17, 15) is 4.79 Å². The number of aromatic nitrogens is 2. The highest BCUT2D eigenvalue weighted by Crippen LogP contribution is 2.36. The summed E-state index contributed by atoms with van der Waals surface area (Å²) in [6, 6.07) is 18.7. The first-order valence-electron chi connectivity index (χ1n) is 14.5. The van der Waals surface area contributed by atoms with Gasteiger partial charge in [-0.25, -0.2) is 4.52 Å². The second-order valence-corrected chi connectivity index (χ2v) is 11.7. The Kier molecular flexibility index (Phi) is 7.80. The average molecular weight is 573 g/mol. The van der Waals surface area contributed by atoms with Gasteiger partial charge in [0.15, 0.2) is 0 Å². The van der Waals surface area contributed by atoms with Gasteiger partial charge >= 0.3 is 0 Å². The Bertz CT molecular complexity index is 1510. The van der Waals surface area contributed by atoms with Gasteiger partial charge in [0.1, 0.15) is 23.1 Å². The van der Waals surface area contributed by atoms with E-state index in [0.29, 0.717) is 23.7 Å². The second kappa shape index (κ2) is 11.6. The molecule has 2 saturated heterocycles. The number of halogens is 1. The average Bonchev–Trinajstić information content (AvgIpc) is 3.59. The van der Waals surface area contributed by atoms with E-state index in [0.717, 1.165) is 41.0 Å². The minimum atomic E-state index is -0.196. The molecule has 3 atom stereocenters. The molecule has 4 heterocycles. The lowest BCUT2D eigenvalue weighted by molar-refractivity contribution is -0.129. The van der Waals surface area contributed by atoms with E-state index in [-0.39, 0.29) is 24.0 Å². The van der Waals surface area contributed by atoms with Gasteiger partial charge in [0.25, 0.3) is 0 Å². The largest absolute Gasteiger partial charge is 0.497 e. The van der Waals surface area contributed by atoms with Crippen LogP contribution in [0.4, 0.5) is 5.69 Å². The molecule has 0 unspecified atom stereocenters. The number of carbonyl (C=O) groups is 1. The number of carbonyl (C=O) groups excluding carboxylic acids is 1. The first-order valence-corrected chi connectivity index (χ1v) is 14.9. The summed E-state index contributed by atoms with van der Waals surface area (Å²) < 4.78 is 13.7. The molecule has 6 rings (SSSR count). The van der Waals surface area contributed by atoms with Crippen LogP contribution in [-0.2, 0) is 4.79 Å². The number of rotatable bonds is 8. The standard InChI is InChI=1S/C33H37ClN4O3/c1-22(24-9-13-29(40-3)14-10-24)37-20-26(18-32(37)39)23(2)41-31-17-27(21-38-33(31)30(34)19-35-38)25-7-11-28(12-8-25)36-15-5-4-6-16-36/h7-14,17,19,21-23,26H,4-6,15-16,18,20H2,1-3H3/t22-,23-,26-/m1/s1. The lowest BCUT2D eigenvalue weighted by Crippen LogP contribution is -2.31. The van der Waals surface area contributed by atoms with Gasteiger partial charge in [-0.05, 0) is 74.6 Å². The van der Waals surface area contributed by atoms with Crippen molar-refractivity contribution >= 4 is 28.7 Å². The van der Waals surface area contributed by atoms with E-state index < -0.39 is 0 Å². The van der Waals surface area contributed by atoms with Gasteiger partial charge in [-0.2, -0.15) is 5.10 Å². The number of likely N-dealkylation sites (tertiary alicyclic amines) is 1. The van der Waals surface area contributed by atoms with Crippen LogP contribution < -0.4 is 14.4 Å². The molecule has 8 heteroatoms. The minimum Gasteiger partial charge on any atom is -0.497 e. The number of benzene rings is 2. The fourth-order valence-electron chi connectivity index (χ4n) is 6.12. The number of amides is 1. The van der Waals surface area contributed by atoms with E-state index in [4.69, 9.17) is 21.1 Å². The molecule has 2 aromatic heterocycles. The van der Waals surface area contributed by atoms with Gasteiger partial charge in [-0.1, -0.05) is 35.9 Å². The number of piperidine rings is 1. The molecular formula is C33H37ClN4O3. The molecule has 1 amide bonds. The van der Waals surface area contributed by atoms with Gasteiger partial charge < -0.3 is 19.3 Å². The van der Waals surface area contributed by atoms with Gasteiger partial charge in [-0.3, -0.25) is 4.79 Å². The molecule has 4 aromatic rings. The van der Waals surface area contributed by atoms with Gasteiger partial charge in [0.2, 0.25) is 5.91 Å². The number of methoxy groups -OCH3 is 1. The summed E-state index contributed by atoms with van der Waals surface area (Å²) in [4.78, 5) is 17.5. The molecule has 2 aromatic carbocycles. The number of pyridine rings is 1. The van der Waals surface area contributed by atoms with Crippen LogP contribution in [0.3, 0.4) is 0 Å². The Hall–Kier alpha value is -3.71. The predicted octanol–water partition coefficient (Wildman–Crippen LogP) is 7.03. The topological polar surface area (TPSA) is 59.3 Å². The molecule has 0 bridgehead atoms. The Morgan fingerprint density at radius 1 is 0.976 bits per heavy atom. The molecule has 2 fully saturated rings. The van der Waals surface area contributed by atoms with Crippen molar-refractivity contribution in [1.29, 1.82) is 0 Å². The number of nitrogens with zero attached hydrogens (tertiary/aromatic N) is 4. The molecule has 0 saturated carbocycles. The lowest BCUT2D eigenvalue weighted by atomic mass is 10.0. The van der Waals surface area contributed by atoms with Crippen molar-refractivity contribution in [2.45, 2.75) is 51.7 Å². The molecule has 2 aliphatic rings. The van der Waals surface area contributed by atoms with Crippen LogP contribution in [0, 0.1) is 5.92 Å². The van der Waals surface area contributed by atoms with Crippen LogP contribution >= 0.6 is 11.6 Å². The van der Waals surface area contributed by atoms with E-state index in [1.165, 1.54) is 24.9 Å². The normalized spacial score (nSPS) is 19.0. The molecule has 214 valence electrons. The summed E-state index contributed by atoms with van der Waals surface area (Å²) in [6.45, 7) is 6.98. The van der Waals surface area contributed by atoms with Crippen molar-refractivity contribution in [2.75, 3.05) is 31.6 Å². The van der Waals surface area contributed by atoms with Crippen LogP contribution in [0.2, 0.25) is 5.02 Å². The number of ether oxygens (including phenoxy) is 2. The maximum absolute atomic E-state index is 13.1. The fourth-order valence-corrected chi connectivity index (χ4v) is 6.34. The number of fused-ring (bicyclic) bond motifs is 1. The molecule has 7 nitrogen and oxygen atoms in total. The zero-order valence-corrected chi connectivity index (χ0v) is 24.7. The monoisotopic (exact) mass is 572 g/mol. The van der Waals surface area contributed by atoms with Crippen molar-refractivity contribution in [1.82, 2.24) is 14.5 Å². The zero-order valence-electron chi connectivity index (χ0n) is 23.9. The van der Waals surface area contributed by atoms with Crippen LogP contribution in [-0.4, -0.2) is 53.3 Å². The quantitative estimate of drug-likeness (QED) is 0.227. The number of hydrogen-bond acceptors (Lipinski definition) is 5. The minimum absolute atomic E-state index is 0.0298. The molecule has 0 N–H and O–H groups in total. The number of hydrogen-bond donors (Lipinski definition) is 0. The molecular weight excluding hydrogens is 536 g/mol. The fraction of sp³-hybridized carbons (Fsp3) is 0.394. The van der Waals surface area contributed by atoms with Crippen molar-refractivity contribution in [3.8, 4) is 22.6 Å². The highest BCUT2D eigenvalue weighted by molar-refractivity contribution is 6.34. The highest BCUT2D eigenvalue weighted by atomic mass is 35.5. The van der Waals surface area contributed by atoms with Crippen LogP contribution in [0.25, 0.3) is 16.6 Å². The zero-order chi connectivity index (χ0) is 28.5. The first kappa shape index (κ1) is 27.5. The molecule has 0 aliphatic carbocycles. The second-order valence-electron chi connectivity index (χ2n) is 11.3. The number of anilines is 1. The third-order valence-electron chi connectivity index (χ3n) is 8.68. The molecule has 0 radical (unpaired) electrons. The summed E-state index contributed by atoms with van der Waals surface area (Å²) in [5.41, 5.74) is 5.18. The summed E-state index contributed by atoms with van der Waals surface area (Å²) in [5.74, 6) is 1.67.